The number of cyclic esters (lactones) is 1. The molecule has 4 aliphatic rings. The molecule has 0 spiro atoms. The summed E-state index contributed by atoms with van der Waals surface area (Å²) in [6.45, 7) is 13.6. The molecular formula is C41H67N2O9+. The van der Waals surface area contributed by atoms with Crippen LogP contribution in [0.25, 0.3) is 0 Å². The number of aliphatic hydroxyl groups is 3. The van der Waals surface area contributed by atoms with Gasteiger partial charge in [-0.25, -0.2) is 4.79 Å². The third-order valence-corrected chi connectivity index (χ3v) is 12.1. The Kier molecular flexibility index (Phi) is 14.7. The number of allylic oxidation sites excluding steroid dienone is 2. The van der Waals surface area contributed by atoms with Gasteiger partial charge in [-0.15, -0.1) is 0 Å². The van der Waals surface area contributed by atoms with Crippen LogP contribution in [0.4, 0.5) is 4.79 Å². The lowest BCUT2D eigenvalue weighted by molar-refractivity contribution is -0.937. The highest BCUT2D eigenvalue weighted by atomic mass is 16.6. The molecular weight excluding hydrogens is 664 g/mol. The molecule has 1 amide bonds. The van der Waals surface area contributed by atoms with Gasteiger partial charge in [0.1, 0.15) is 17.5 Å². The maximum Gasteiger partial charge on any atom is 0.410 e. The van der Waals surface area contributed by atoms with Crippen molar-refractivity contribution in [2.45, 2.75) is 160 Å². The maximum atomic E-state index is 13.6. The molecule has 3 N–H and O–H groups in total. The molecule has 52 heavy (non-hydrogen) atoms. The topological polar surface area (TPSA) is 146 Å². The number of hydrogen-bond donors (Lipinski definition) is 3. The number of amides is 1. The number of rotatable bonds is 10. The number of epoxide rings is 1. The Labute approximate surface area is 311 Å². The molecule has 3 aliphatic heterocycles. The van der Waals surface area contributed by atoms with Crippen LogP contribution in [0.1, 0.15) is 112 Å². The molecule has 3 fully saturated rings. The summed E-state index contributed by atoms with van der Waals surface area (Å²) >= 11 is 0. The Morgan fingerprint density at radius 2 is 1.81 bits per heavy atom. The highest BCUT2D eigenvalue weighted by Gasteiger charge is 2.47. The fraction of sp³-hybridized carbons (Fsp3) is 0.780. The lowest BCUT2D eigenvalue weighted by atomic mass is 9.88. The summed E-state index contributed by atoms with van der Waals surface area (Å²) in [5, 5.41) is 33.3. The number of piperazine rings is 1. The van der Waals surface area contributed by atoms with Crippen LogP contribution in [0.15, 0.2) is 36.0 Å². The second-order valence-electron chi connectivity index (χ2n) is 16.9. The normalized spacial score (nSPS) is 34.9. The Morgan fingerprint density at radius 1 is 1.15 bits per heavy atom. The first-order valence-corrected chi connectivity index (χ1v) is 19.8. The van der Waals surface area contributed by atoms with E-state index in [2.05, 4.69) is 7.05 Å². The fourth-order valence-corrected chi connectivity index (χ4v) is 8.23. The predicted molar refractivity (Wildman–Crippen MR) is 199 cm³/mol. The Bertz CT molecular complexity index is 1310. The average Bonchev–Trinajstić information content (AvgIpc) is 3.90. The van der Waals surface area contributed by atoms with E-state index in [1.807, 2.05) is 27.7 Å². The van der Waals surface area contributed by atoms with Crippen molar-refractivity contribution in [2.24, 2.45) is 11.8 Å². The zero-order chi connectivity index (χ0) is 38.3. The molecule has 9 atom stereocenters. The van der Waals surface area contributed by atoms with Crippen molar-refractivity contribution >= 4 is 17.8 Å². The second-order valence-corrected chi connectivity index (χ2v) is 16.9. The lowest BCUT2D eigenvalue weighted by Crippen LogP contribution is -2.62. The number of carbonyl (C=O) groups is 3. The van der Waals surface area contributed by atoms with E-state index >= 15 is 0 Å². The monoisotopic (exact) mass is 731 g/mol. The molecule has 2 saturated heterocycles. The molecule has 0 aromatic heterocycles. The van der Waals surface area contributed by atoms with E-state index in [0.29, 0.717) is 37.5 Å². The van der Waals surface area contributed by atoms with Crippen LogP contribution >= 0.6 is 0 Å². The fourth-order valence-electron chi connectivity index (χ4n) is 8.23. The summed E-state index contributed by atoms with van der Waals surface area (Å²) in [7, 11) is 2.32. The first-order chi connectivity index (χ1) is 24.4. The van der Waals surface area contributed by atoms with Gasteiger partial charge in [-0.3, -0.25) is 14.5 Å². The largest absolute Gasteiger partial charge is 0.457 e. The Hall–Kier alpha value is -2.57. The molecule has 294 valence electrons. The van der Waals surface area contributed by atoms with E-state index in [9.17, 15) is 29.7 Å². The van der Waals surface area contributed by atoms with E-state index in [1.165, 1.54) is 38.5 Å². The van der Waals surface area contributed by atoms with E-state index in [4.69, 9.17) is 14.2 Å². The number of quaternary nitrogens is 1. The summed E-state index contributed by atoms with van der Waals surface area (Å²) in [5.74, 6) is -1.00. The van der Waals surface area contributed by atoms with Crippen molar-refractivity contribution in [1.29, 1.82) is 0 Å². The SMILES string of the molecule is CCC(=O)[C@@H](C)[C@H]1O[C@@H]1C[C@@](C)(O)/C=C/C=C(\C)[C@H]1OC(=O)C[C@H](O)CC[C@@](C)(O)[C@@H](OC(=O)N2CC[N+](C)(C3CCCCCC3)CC2)/C=C/[C@@H]1C. The molecule has 11 heteroatoms. The van der Waals surface area contributed by atoms with Gasteiger partial charge in [-0.05, 0) is 70.9 Å². The van der Waals surface area contributed by atoms with Crippen LogP contribution in [0.3, 0.4) is 0 Å². The number of Topliss-reactive ketones (excluding diaryl/α,β-unsaturated/α-hetero) is 1. The average molecular weight is 732 g/mol. The van der Waals surface area contributed by atoms with Crippen LogP contribution in [0.5, 0.6) is 0 Å². The Morgan fingerprint density at radius 3 is 2.44 bits per heavy atom. The minimum Gasteiger partial charge on any atom is -0.457 e. The quantitative estimate of drug-likeness (QED) is 0.0672. The summed E-state index contributed by atoms with van der Waals surface area (Å²) in [4.78, 5) is 40.3. The van der Waals surface area contributed by atoms with Gasteiger partial charge in [0.05, 0.1) is 69.6 Å². The molecule has 0 aromatic rings. The number of ether oxygens (including phenoxy) is 3. The van der Waals surface area contributed by atoms with Crippen LogP contribution in [0, 0.1) is 11.8 Å². The van der Waals surface area contributed by atoms with Crippen LogP contribution in [-0.2, 0) is 23.8 Å². The number of hydrogen-bond acceptors (Lipinski definition) is 9. The van der Waals surface area contributed by atoms with E-state index < -0.39 is 41.6 Å². The summed E-state index contributed by atoms with van der Waals surface area (Å²) < 4.78 is 18.6. The summed E-state index contributed by atoms with van der Waals surface area (Å²) in [6.07, 6.45) is 13.5. The smallest absolute Gasteiger partial charge is 0.410 e. The molecule has 0 aromatic carbocycles. The second kappa shape index (κ2) is 18.2. The summed E-state index contributed by atoms with van der Waals surface area (Å²) in [6, 6.07) is 0.629. The van der Waals surface area contributed by atoms with Crippen LogP contribution in [0.2, 0.25) is 0 Å². The van der Waals surface area contributed by atoms with Crippen molar-refractivity contribution in [3.8, 4) is 0 Å². The van der Waals surface area contributed by atoms with Gasteiger partial charge in [0.15, 0.2) is 6.10 Å². The number of carbonyl (C=O) groups excluding carboxylic acids is 3. The molecule has 1 aliphatic carbocycles. The van der Waals surface area contributed by atoms with Gasteiger partial charge in [0.2, 0.25) is 0 Å². The third-order valence-electron chi connectivity index (χ3n) is 12.1. The molecule has 0 radical (unpaired) electrons. The van der Waals surface area contributed by atoms with Crippen LogP contribution in [-0.4, -0.2) is 124 Å². The number of ketones is 1. The molecule has 3 heterocycles. The molecule has 1 saturated carbocycles. The van der Waals surface area contributed by atoms with Crippen molar-refractivity contribution in [3.05, 3.63) is 36.0 Å². The first kappa shape index (κ1) is 42.2. The maximum absolute atomic E-state index is 13.6. The highest BCUT2D eigenvalue weighted by Crippen LogP contribution is 2.37. The molecule has 0 unspecified atom stereocenters. The van der Waals surface area contributed by atoms with Crippen molar-refractivity contribution in [1.82, 2.24) is 4.90 Å². The third kappa shape index (κ3) is 11.7. The van der Waals surface area contributed by atoms with Crippen molar-refractivity contribution in [2.75, 3.05) is 33.2 Å². The van der Waals surface area contributed by atoms with Gasteiger partial charge in [-0.2, -0.15) is 0 Å². The number of esters is 1. The Balaban J connectivity index is 1.44. The molecule has 11 nitrogen and oxygen atoms in total. The zero-order valence-corrected chi connectivity index (χ0v) is 32.8. The molecule has 0 bridgehead atoms. The van der Waals surface area contributed by atoms with Gasteiger partial charge < -0.3 is 34.0 Å². The number of aliphatic hydroxyl groups excluding tert-OH is 1. The molecule has 4 rings (SSSR count). The standard InChI is InChI=1S/C41H67N2O9/c1-8-33(45)30(4)38-34(50-38)27-40(5,48)20-13-14-28(2)37-29(3)17-18-35(41(6,49)21-19-32(44)26-36(46)52-37)51-39(47)42-22-24-43(7,25-23-42)31-15-11-9-10-12-16-31/h13-14,17-18,20,29-32,34-35,37-38,44,48-49H,8-12,15-16,19,21-27H2,1-7H3/q+1/b18-17+,20-13+,28-14+/t29-,30+,32+,34+,35-,37+,38+,40-,41+/m0/s1. The van der Waals surface area contributed by atoms with Gasteiger partial charge in [0, 0.05) is 24.7 Å². The minimum absolute atomic E-state index is 0.113. The van der Waals surface area contributed by atoms with E-state index in [0.717, 1.165) is 17.6 Å². The minimum atomic E-state index is -1.49. The van der Waals surface area contributed by atoms with Crippen LogP contribution < -0.4 is 0 Å². The zero-order valence-electron chi connectivity index (χ0n) is 32.8. The number of likely N-dealkylation sites (N-methyl/N-ethyl adjacent to an activating group) is 1. The van der Waals surface area contributed by atoms with Gasteiger partial charge in [-0.1, -0.05) is 57.9 Å². The number of nitrogens with zero attached hydrogens (tertiary/aromatic N) is 2. The van der Waals surface area contributed by atoms with Crippen molar-refractivity contribution in [3.63, 3.8) is 0 Å². The van der Waals surface area contributed by atoms with Gasteiger partial charge >= 0.3 is 12.1 Å². The van der Waals surface area contributed by atoms with E-state index in [-0.39, 0.29) is 49.1 Å². The first-order valence-electron chi connectivity index (χ1n) is 19.8. The van der Waals surface area contributed by atoms with E-state index in [1.54, 1.807) is 49.1 Å². The lowest BCUT2D eigenvalue weighted by Gasteiger charge is -2.47. The predicted octanol–water partition coefficient (Wildman–Crippen LogP) is 5.40. The van der Waals surface area contributed by atoms with Gasteiger partial charge in [0.25, 0.3) is 0 Å². The summed E-state index contributed by atoms with van der Waals surface area (Å²) in [5.41, 5.74) is -1.97. The highest BCUT2D eigenvalue weighted by molar-refractivity contribution is 5.81. The van der Waals surface area contributed by atoms with Crippen molar-refractivity contribution < 1.29 is 48.4 Å².